The van der Waals surface area contributed by atoms with Gasteiger partial charge in [0.05, 0.1) is 7.11 Å². The summed E-state index contributed by atoms with van der Waals surface area (Å²) in [4.78, 5) is 30.3. The lowest BCUT2D eigenvalue weighted by molar-refractivity contribution is 0.0726. The Kier molecular flexibility index (Phi) is 5.81. The predicted octanol–water partition coefficient (Wildman–Crippen LogP) is 6.68. The normalized spacial score (nSPS) is 13.4. The number of rotatable bonds is 6. The highest BCUT2D eigenvalue weighted by atomic mass is 16.5. The number of nitrogens with zero attached hydrogens (tertiary/aromatic N) is 1. The van der Waals surface area contributed by atoms with Crippen LogP contribution in [0.3, 0.4) is 0 Å². The lowest BCUT2D eigenvalue weighted by atomic mass is 10.00. The third-order valence-electron chi connectivity index (χ3n) is 7.00. The maximum absolute atomic E-state index is 14.0. The zero-order chi connectivity index (χ0) is 26.2. The van der Waals surface area contributed by atoms with Gasteiger partial charge in [-0.15, -0.1) is 0 Å². The lowest BCUT2D eigenvalue weighted by Crippen LogP contribution is -2.30. The van der Waals surface area contributed by atoms with Crippen LogP contribution in [0.4, 0.5) is 10.5 Å². The van der Waals surface area contributed by atoms with Crippen molar-refractivity contribution < 1.29 is 19.4 Å². The maximum atomic E-state index is 14.0. The van der Waals surface area contributed by atoms with Crippen LogP contribution in [0.15, 0.2) is 97.1 Å². The Morgan fingerprint density at radius 1 is 0.947 bits per heavy atom. The molecule has 7 nitrogen and oxygen atoms in total. The molecule has 188 valence electrons. The van der Waals surface area contributed by atoms with Crippen LogP contribution in [0.2, 0.25) is 0 Å². The van der Waals surface area contributed by atoms with Gasteiger partial charge < -0.3 is 19.7 Å². The molecule has 38 heavy (non-hydrogen) atoms. The van der Waals surface area contributed by atoms with Crippen LogP contribution in [-0.4, -0.2) is 34.1 Å². The molecule has 2 amide bonds. The van der Waals surface area contributed by atoms with Crippen molar-refractivity contribution in [2.24, 2.45) is 0 Å². The highest BCUT2D eigenvalue weighted by molar-refractivity contribution is 6.00. The topological polar surface area (TPSA) is 94.7 Å². The van der Waals surface area contributed by atoms with Crippen LogP contribution in [0.25, 0.3) is 22.0 Å². The van der Waals surface area contributed by atoms with Gasteiger partial charge in [0.1, 0.15) is 11.8 Å². The summed E-state index contributed by atoms with van der Waals surface area (Å²) in [6, 6.07) is 30.6. The Labute approximate surface area is 219 Å². The van der Waals surface area contributed by atoms with E-state index < -0.39 is 6.09 Å². The van der Waals surface area contributed by atoms with Gasteiger partial charge in [0.25, 0.3) is 5.91 Å². The number of benzene rings is 4. The van der Waals surface area contributed by atoms with Gasteiger partial charge in [-0.25, -0.2) is 4.79 Å². The average molecular weight is 504 g/mol. The summed E-state index contributed by atoms with van der Waals surface area (Å²) in [5.74, 6) is 0.663. The van der Waals surface area contributed by atoms with E-state index in [9.17, 15) is 9.59 Å². The molecule has 2 heterocycles. The molecule has 1 atom stereocenters. The Morgan fingerprint density at radius 3 is 2.45 bits per heavy atom. The van der Waals surface area contributed by atoms with E-state index in [0.717, 1.165) is 44.6 Å². The van der Waals surface area contributed by atoms with E-state index >= 15 is 0 Å². The summed E-state index contributed by atoms with van der Waals surface area (Å²) in [5, 5.41) is 12.4. The average Bonchev–Trinajstić information content (AvgIpc) is 3.50. The molecule has 5 aromatic rings. The Hall–Kier alpha value is -5.04. The number of hydrogen-bond acceptors (Lipinski definition) is 3. The number of hydrogen-bond donors (Lipinski definition) is 3. The van der Waals surface area contributed by atoms with Crippen LogP contribution in [0.5, 0.6) is 5.75 Å². The summed E-state index contributed by atoms with van der Waals surface area (Å²) in [5.41, 5.74) is 6.72. The first-order valence-corrected chi connectivity index (χ1v) is 12.3. The van der Waals surface area contributed by atoms with Crippen molar-refractivity contribution in [3.05, 3.63) is 119 Å². The van der Waals surface area contributed by atoms with Crippen molar-refractivity contribution in [3.63, 3.8) is 0 Å². The largest absolute Gasteiger partial charge is 0.496 e. The second-order valence-corrected chi connectivity index (χ2v) is 9.27. The number of aromatic nitrogens is 1. The van der Waals surface area contributed by atoms with Crippen LogP contribution in [0, 0.1) is 0 Å². The number of H-pyrrole nitrogens is 1. The first-order chi connectivity index (χ1) is 18.5. The third kappa shape index (κ3) is 4.14. The van der Waals surface area contributed by atoms with Gasteiger partial charge >= 0.3 is 6.09 Å². The van der Waals surface area contributed by atoms with Crippen LogP contribution in [-0.2, 0) is 6.54 Å². The van der Waals surface area contributed by atoms with Gasteiger partial charge in [-0.1, -0.05) is 60.7 Å². The standard InChI is InChI=1S/C31H25N3O4/c1-38-28-9-5-3-7-24(28)29(27-17-21-6-2-4-8-26(21)33-27)34-18-22-11-10-20(16-25(22)30(34)35)19-12-14-23(15-13-19)32-31(36)37/h2-17,29,32-33H,18H2,1H3,(H,36,37)/t29-/m1/s1. The van der Waals surface area contributed by atoms with Gasteiger partial charge in [-0.3, -0.25) is 10.1 Å². The van der Waals surface area contributed by atoms with E-state index in [-0.39, 0.29) is 11.9 Å². The molecule has 0 radical (unpaired) electrons. The molecule has 1 aromatic heterocycles. The predicted molar refractivity (Wildman–Crippen MR) is 147 cm³/mol. The number of amides is 2. The molecule has 6 rings (SSSR count). The number of nitrogens with one attached hydrogen (secondary N) is 2. The molecule has 3 N–H and O–H groups in total. The van der Waals surface area contributed by atoms with E-state index in [1.165, 1.54) is 0 Å². The summed E-state index contributed by atoms with van der Waals surface area (Å²) in [6.07, 6.45) is -1.11. The summed E-state index contributed by atoms with van der Waals surface area (Å²) in [6.45, 7) is 0.466. The minimum Gasteiger partial charge on any atom is -0.496 e. The second kappa shape index (κ2) is 9.44. The molecule has 7 heteroatoms. The van der Waals surface area contributed by atoms with Gasteiger partial charge in [0.2, 0.25) is 0 Å². The molecule has 0 spiro atoms. The van der Waals surface area contributed by atoms with Crippen molar-refractivity contribution in [1.82, 2.24) is 9.88 Å². The molecular formula is C31H25N3O4. The van der Waals surface area contributed by atoms with Gasteiger partial charge in [0, 0.05) is 34.6 Å². The number of carbonyl (C=O) groups excluding carboxylic acids is 1. The minimum atomic E-state index is -1.11. The molecule has 0 saturated carbocycles. The van der Waals surface area contributed by atoms with Gasteiger partial charge in [-0.05, 0) is 58.5 Å². The molecule has 1 aliphatic heterocycles. The van der Waals surface area contributed by atoms with Crippen molar-refractivity contribution >= 4 is 28.6 Å². The Bertz CT molecular complexity index is 1640. The zero-order valence-corrected chi connectivity index (χ0v) is 20.6. The minimum absolute atomic E-state index is 0.0550. The summed E-state index contributed by atoms with van der Waals surface area (Å²) >= 11 is 0. The van der Waals surface area contributed by atoms with E-state index in [4.69, 9.17) is 9.84 Å². The fourth-order valence-electron chi connectivity index (χ4n) is 5.22. The molecule has 0 fully saturated rings. The summed E-state index contributed by atoms with van der Waals surface area (Å²) in [7, 11) is 1.64. The maximum Gasteiger partial charge on any atom is 0.409 e. The van der Waals surface area contributed by atoms with E-state index in [2.05, 4.69) is 22.4 Å². The number of fused-ring (bicyclic) bond motifs is 2. The van der Waals surface area contributed by atoms with Crippen LogP contribution < -0.4 is 10.1 Å². The van der Waals surface area contributed by atoms with Crippen molar-refractivity contribution in [1.29, 1.82) is 0 Å². The molecule has 1 aliphatic rings. The quantitative estimate of drug-likeness (QED) is 0.241. The number of carbonyl (C=O) groups is 2. The highest BCUT2D eigenvalue weighted by Crippen LogP contribution is 2.40. The molecule has 0 saturated heterocycles. The molecular weight excluding hydrogens is 478 g/mol. The number of anilines is 1. The highest BCUT2D eigenvalue weighted by Gasteiger charge is 2.36. The monoisotopic (exact) mass is 503 g/mol. The smallest absolute Gasteiger partial charge is 0.409 e. The number of methoxy groups -OCH3 is 1. The van der Waals surface area contributed by atoms with Crippen molar-refractivity contribution in [3.8, 4) is 16.9 Å². The first kappa shape index (κ1) is 23.4. The van der Waals surface area contributed by atoms with E-state index in [1.807, 2.05) is 77.7 Å². The number of aromatic amines is 1. The summed E-state index contributed by atoms with van der Waals surface area (Å²) < 4.78 is 5.71. The number of ether oxygens (including phenoxy) is 1. The third-order valence-corrected chi connectivity index (χ3v) is 7.00. The lowest BCUT2D eigenvalue weighted by Gasteiger charge is -2.29. The van der Waals surface area contributed by atoms with E-state index in [1.54, 1.807) is 19.2 Å². The Morgan fingerprint density at radius 2 is 1.68 bits per heavy atom. The number of carboxylic acid groups (broad SMARTS) is 1. The van der Waals surface area contributed by atoms with Crippen LogP contribution >= 0.6 is 0 Å². The molecule has 0 unspecified atom stereocenters. The first-order valence-electron chi connectivity index (χ1n) is 12.3. The van der Waals surface area contributed by atoms with Crippen molar-refractivity contribution in [2.45, 2.75) is 12.6 Å². The second-order valence-electron chi connectivity index (χ2n) is 9.27. The van der Waals surface area contributed by atoms with Crippen LogP contribution in [0.1, 0.15) is 33.2 Å². The van der Waals surface area contributed by atoms with Gasteiger partial charge in [-0.2, -0.15) is 0 Å². The molecule has 0 aliphatic carbocycles. The Balaban J connectivity index is 1.39. The SMILES string of the molecule is COc1ccccc1[C@H](c1cc2ccccc2[nH]1)N1Cc2ccc(-c3ccc(NC(=O)O)cc3)cc2C1=O. The van der Waals surface area contributed by atoms with Crippen molar-refractivity contribution in [2.75, 3.05) is 12.4 Å². The molecule has 0 bridgehead atoms. The molecule has 4 aromatic carbocycles. The number of para-hydroxylation sites is 2. The fourth-order valence-corrected chi connectivity index (χ4v) is 5.22. The van der Waals surface area contributed by atoms with Gasteiger partial charge in [0.15, 0.2) is 0 Å². The zero-order valence-electron chi connectivity index (χ0n) is 20.6. The van der Waals surface area contributed by atoms with E-state index in [0.29, 0.717) is 17.8 Å². The fraction of sp³-hybridized carbons (Fsp3) is 0.0968.